The molecule has 4 heterocycles. The molecule has 0 saturated heterocycles. The van der Waals surface area contributed by atoms with E-state index in [0.717, 1.165) is 16.7 Å². The van der Waals surface area contributed by atoms with Crippen LogP contribution < -0.4 is 0 Å². The second kappa shape index (κ2) is 12.8. The van der Waals surface area contributed by atoms with Crippen LogP contribution in [-0.4, -0.2) is 19.5 Å². The van der Waals surface area contributed by atoms with Crippen LogP contribution in [0.2, 0.25) is 0 Å². The Labute approximate surface area is 335 Å². The maximum absolute atomic E-state index is 5.06. The van der Waals surface area contributed by atoms with E-state index in [1.807, 2.05) is 47.7 Å². The van der Waals surface area contributed by atoms with E-state index in [1.54, 1.807) is 11.3 Å². The van der Waals surface area contributed by atoms with Gasteiger partial charge in [0.15, 0.2) is 17.5 Å². The fraction of sp³-hybridized carbons (Fsp3) is 0. The highest BCUT2D eigenvalue weighted by molar-refractivity contribution is 7.26. The molecule has 0 amide bonds. The van der Waals surface area contributed by atoms with Gasteiger partial charge in [0.25, 0.3) is 0 Å². The van der Waals surface area contributed by atoms with Crippen LogP contribution in [0.25, 0.3) is 113 Å². The van der Waals surface area contributed by atoms with Crippen molar-refractivity contribution in [2.45, 2.75) is 0 Å². The topological polar surface area (TPSA) is 43.6 Å². The van der Waals surface area contributed by atoms with Crippen molar-refractivity contribution in [3.8, 4) is 51.0 Å². The third kappa shape index (κ3) is 5.22. The zero-order valence-corrected chi connectivity index (χ0v) is 32.1. The Kier molecular flexibility index (Phi) is 7.24. The molecule has 0 atom stereocenters. The fourth-order valence-electron chi connectivity index (χ4n) is 8.37. The third-order valence-corrected chi connectivity index (χ3v) is 13.4. The number of thiophene rings is 2. The molecule has 0 unspecified atom stereocenters. The van der Waals surface area contributed by atoms with Crippen molar-refractivity contribution in [3.05, 3.63) is 182 Å². The van der Waals surface area contributed by atoms with E-state index in [-0.39, 0.29) is 0 Å². The molecule has 0 aliphatic rings. The van der Waals surface area contributed by atoms with Gasteiger partial charge in [-0.25, -0.2) is 15.0 Å². The highest BCUT2D eigenvalue weighted by Gasteiger charge is 2.18. The van der Waals surface area contributed by atoms with E-state index >= 15 is 0 Å². The van der Waals surface area contributed by atoms with E-state index in [9.17, 15) is 0 Å². The summed E-state index contributed by atoms with van der Waals surface area (Å²) >= 11 is 3.67. The molecule has 0 bridgehead atoms. The maximum atomic E-state index is 5.06. The summed E-state index contributed by atoms with van der Waals surface area (Å²) in [7, 11) is 0. The van der Waals surface area contributed by atoms with E-state index in [1.165, 1.54) is 79.0 Å². The lowest BCUT2D eigenvalue weighted by atomic mass is 10.0. The molecule has 57 heavy (non-hydrogen) atoms. The lowest BCUT2D eigenvalue weighted by Gasteiger charge is -2.09. The number of aromatic nitrogens is 4. The molecule has 0 aliphatic heterocycles. The number of hydrogen-bond acceptors (Lipinski definition) is 5. The van der Waals surface area contributed by atoms with Crippen molar-refractivity contribution in [1.82, 2.24) is 19.5 Å². The quantitative estimate of drug-likeness (QED) is 0.175. The average Bonchev–Trinajstić information content (AvgIpc) is 3.95. The first-order valence-corrected chi connectivity index (χ1v) is 20.6. The van der Waals surface area contributed by atoms with Gasteiger partial charge in [-0.3, -0.25) is 0 Å². The largest absolute Gasteiger partial charge is 0.309 e. The molecule has 0 fully saturated rings. The number of fused-ring (bicyclic) bond motifs is 9. The standard InChI is InChI=1S/C51H30N4S2/c1-3-12-31(13-4-1)49-52-50(32-14-5-2-6-15-32)54-51(53-49)42-19-11-18-41-40-26-23-34(29-46(40)57-48(41)42)33-22-25-38-39-27-24-35(30-47(39)56-45(38)28-33)55-43-20-9-7-16-36(43)37-17-8-10-21-44(37)55/h1-30H. The monoisotopic (exact) mass is 762 g/mol. The number of nitrogens with zero attached hydrogens (tertiary/aromatic N) is 4. The Balaban J connectivity index is 0.950. The van der Waals surface area contributed by atoms with Crippen molar-refractivity contribution >= 4 is 84.8 Å². The lowest BCUT2D eigenvalue weighted by molar-refractivity contribution is 1.08. The first-order chi connectivity index (χ1) is 28.2. The van der Waals surface area contributed by atoms with Crippen LogP contribution in [0.15, 0.2) is 182 Å². The van der Waals surface area contributed by atoms with E-state index in [0.29, 0.717) is 17.5 Å². The molecule has 0 radical (unpaired) electrons. The molecule has 266 valence electrons. The van der Waals surface area contributed by atoms with Crippen LogP contribution in [-0.2, 0) is 0 Å². The predicted octanol–water partition coefficient (Wildman–Crippen LogP) is 14.4. The zero-order valence-electron chi connectivity index (χ0n) is 30.4. The molecular formula is C51H30N4S2. The first-order valence-electron chi connectivity index (χ1n) is 19.0. The second-order valence-electron chi connectivity index (χ2n) is 14.4. The molecule has 12 aromatic rings. The predicted molar refractivity (Wildman–Crippen MR) is 242 cm³/mol. The SMILES string of the molecule is c1ccc(-c2nc(-c3ccccc3)nc(-c3cccc4c3sc3cc(-c5ccc6c(c5)sc5cc(-n7c8ccccc8c8ccccc87)ccc56)ccc34)n2)cc1. The smallest absolute Gasteiger partial charge is 0.165 e. The Morgan fingerprint density at radius 2 is 0.825 bits per heavy atom. The number of para-hydroxylation sites is 2. The van der Waals surface area contributed by atoms with Crippen molar-refractivity contribution < 1.29 is 0 Å². The molecular weight excluding hydrogens is 733 g/mol. The van der Waals surface area contributed by atoms with E-state index < -0.39 is 0 Å². The minimum Gasteiger partial charge on any atom is -0.309 e. The summed E-state index contributed by atoms with van der Waals surface area (Å²) < 4.78 is 7.39. The number of hydrogen-bond donors (Lipinski definition) is 0. The Hall–Kier alpha value is -6.99. The molecule has 0 saturated carbocycles. The highest BCUT2D eigenvalue weighted by atomic mass is 32.1. The van der Waals surface area contributed by atoms with Crippen molar-refractivity contribution in [3.63, 3.8) is 0 Å². The van der Waals surface area contributed by atoms with Gasteiger partial charge in [-0.1, -0.05) is 140 Å². The van der Waals surface area contributed by atoms with Crippen molar-refractivity contribution in [1.29, 1.82) is 0 Å². The van der Waals surface area contributed by atoms with E-state index in [4.69, 9.17) is 15.0 Å². The Bertz CT molecular complexity index is 3410. The van der Waals surface area contributed by atoms with Gasteiger partial charge in [0.2, 0.25) is 0 Å². The molecule has 4 nitrogen and oxygen atoms in total. The van der Waals surface area contributed by atoms with E-state index in [2.05, 4.69) is 150 Å². The van der Waals surface area contributed by atoms with Gasteiger partial charge in [-0.05, 0) is 53.6 Å². The summed E-state index contributed by atoms with van der Waals surface area (Å²) in [5.41, 5.74) is 9.01. The highest BCUT2D eigenvalue weighted by Crippen LogP contribution is 2.43. The van der Waals surface area contributed by atoms with Gasteiger partial charge in [0.1, 0.15) is 0 Å². The van der Waals surface area contributed by atoms with Gasteiger partial charge in [0.05, 0.1) is 11.0 Å². The number of rotatable bonds is 5. The lowest BCUT2D eigenvalue weighted by Crippen LogP contribution is -2.00. The second-order valence-corrected chi connectivity index (χ2v) is 16.5. The average molecular weight is 763 g/mol. The Morgan fingerprint density at radius 1 is 0.333 bits per heavy atom. The maximum Gasteiger partial charge on any atom is 0.165 e. The van der Waals surface area contributed by atoms with Gasteiger partial charge >= 0.3 is 0 Å². The molecule has 8 aromatic carbocycles. The normalized spacial score (nSPS) is 11.9. The third-order valence-electron chi connectivity index (χ3n) is 11.1. The Morgan fingerprint density at radius 3 is 1.46 bits per heavy atom. The van der Waals surface area contributed by atoms with Gasteiger partial charge < -0.3 is 4.57 Å². The summed E-state index contributed by atoms with van der Waals surface area (Å²) in [6.07, 6.45) is 0. The van der Waals surface area contributed by atoms with Crippen LogP contribution in [0.4, 0.5) is 0 Å². The summed E-state index contributed by atoms with van der Waals surface area (Å²) in [6.45, 7) is 0. The first kappa shape index (κ1) is 32.3. The summed E-state index contributed by atoms with van der Waals surface area (Å²) in [6, 6.07) is 64.9. The van der Waals surface area contributed by atoms with Crippen LogP contribution in [0.3, 0.4) is 0 Å². The minimum atomic E-state index is 0.666. The minimum absolute atomic E-state index is 0.666. The number of benzene rings is 8. The molecule has 6 heteroatoms. The summed E-state index contributed by atoms with van der Waals surface area (Å²) in [5.74, 6) is 2.01. The molecule has 12 rings (SSSR count). The van der Waals surface area contributed by atoms with Gasteiger partial charge in [-0.15, -0.1) is 22.7 Å². The molecule has 0 N–H and O–H groups in total. The van der Waals surface area contributed by atoms with Crippen LogP contribution in [0.5, 0.6) is 0 Å². The fourth-order valence-corrected chi connectivity index (χ4v) is 10.8. The van der Waals surface area contributed by atoms with Crippen molar-refractivity contribution in [2.24, 2.45) is 0 Å². The van der Waals surface area contributed by atoms with Gasteiger partial charge in [-0.2, -0.15) is 0 Å². The zero-order chi connectivity index (χ0) is 37.5. The summed E-state index contributed by atoms with van der Waals surface area (Å²) in [4.78, 5) is 15.0. The van der Waals surface area contributed by atoms with Crippen LogP contribution in [0, 0.1) is 0 Å². The molecule has 4 aromatic heterocycles. The summed E-state index contributed by atoms with van der Waals surface area (Å²) in [5, 5.41) is 7.59. The molecule has 0 aliphatic carbocycles. The van der Waals surface area contributed by atoms with Crippen LogP contribution >= 0.6 is 22.7 Å². The molecule has 0 spiro atoms. The van der Waals surface area contributed by atoms with Crippen molar-refractivity contribution in [2.75, 3.05) is 0 Å². The van der Waals surface area contributed by atoms with Crippen LogP contribution in [0.1, 0.15) is 0 Å². The van der Waals surface area contributed by atoms with Gasteiger partial charge in [0, 0.05) is 73.5 Å².